The van der Waals surface area contributed by atoms with E-state index in [1.54, 1.807) is 0 Å². The third kappa shape index (κ3) is 11.9. The van der Waals surface area contributed by atoms with E-state index in [1.807, 2.05) is 13.8 Å². The molecule has 0 heterocycles. The molecule has 0 rings (SSSR count). The van der Waals surface area contributed by atoms with Crippen LogP contribution in [0.4, 0.5) is 0 Å². The molecule has 0 radical (unpaired) electrons. The van der Waals surface area contributed by atoms with Crippen molar-refractivity contribution < 1.29 is 9.84 Å². The third-order valence-corrected chi connectivity index (χ3v) is 1.67. The Morgan fingerprint density at radius 3 is 2.31 bits per heavy atom. The van der Waals surface area contributed by atoms with E-state index in [9.17, 15) is 0 Å². The highest BCUT2D eigenvalue weighted by Crippen LogP contribution is 2.01. The molecule has 0 atom stereocenters. The van der Waals surface area contributed by atoms with Crippen LogP contribution in [0.1, 0.15) is 39.5 Å². The molecular weight excluding hydrogens is 166 g/mol. The number of unbranched alkanes of at least 4 members (excludes halogenated alkanes) is 3. The Labute approximate surface area is 81.3 Å². The summed E-state index contributed by atoms with van der Waals surface area (Å²) in [6.07, 6.45) is 4.19. The van der Waals surface area contributed by atoms with Crippen LogP contribution in [0.15, 0.2) is 0 Å². The predicted octanol–water partition coefficient (Wildman–Crippen LogP) is 1.29. The Morgan fingerprint density at radius 1 is 1.15 bits per heavy atom. The molecule has 0 aliphatic heterocycles. The van der Waals surface area contributed by atoms with Crippen LogP contribution in [0.5, 0.6) is 0 Å². The molecule has 0 aromatic rings. The van der Waals surface area contributed by atoms with Crippen LogP contribution in [0.2, 0.25) is 0 Å². The van der Waals surface area contributed by atoms with Crippen LogP contribution in [-0.4, -0.2) is 30.5 Å². The van der Waals surface area contributed by atoms with Gasteiger partial charge in [0.15, 0.2) is 0 Å². The molecule has 0 aliphatic carbocycles. The molecule has 0 saturated heterocycles. The average Bonchev–Trinajstić information content (AvgIpc) is 2.01. The topological polar surface area (TPSA) is 55.5 Å². The van der Waals surface area contributed by atoms with Gasteiger partial charge in [-0.15, -0.1) is 0 Å². The second-order valence-electron chi connectivity index (χ2n) is 4.18. The van der Waals surface area contributed by atoms with Crippen LogP contribution in [0, 0.1) is 0 Å². The summed E-state index contributed by atoms with van der Waals surface area (Å²) in [7, 11) is 0. The van der Waals surface area contributed by atoms with Gasteiger partial charge in [0.1, 0.15) is 0 Å². The number of aliphatic hydroxyl groups excluding tert-OH is 1. The number of hydrogen-bond donors (Lipinski definition) is 2. The SMILES string of the molecule is CC(C)(N)COCCCCCCO. The van der Waals surface area contributed by atoms with Crippen LogP contribution < -0.4 is 5.73 Å². The Hall–Kier alpha value is -0.120. The number of nitrogens with two attached hydrogens (primary N) is 1. The summed E-state index contributed by atoms with van der Waals surface area (Å²) >= 11 is 0. The summed E-state index contributed by atoms with van der Waals surface area (Å²) < 4.78 is 5.39. The second-order valence-corrected chi connectivity index (χ2v) is 4.18. The molecule has 13 heavy (non-hydrogen) atoms. The third-order valence-electron chi connectivity index (χ3n) is 1.67. The van der Waals surface area contributed by atoms with E-state index in [1.165, 1.54) is 0 Å². The van der Waals surface area contributed by atoms with Crippen LogP contribution in [-0.2, 0) is 4.74 Å². The largest absolute Gasteiger partial charge is 0.396 e. The Morgan fingerprint density at radius 2 is 1.77 bits per heavy atom. The van der Waals surface area contributed by atoms with Gasteiger partial charge in [0.25, 0.3) is 0 Å². The molecule has 0 spiro atoms. The maximum absolute atomic E-state index is 8.53. The molecule has 0 amide bonds. The quantitative estimate of drug-likeness (QED) is 0.566. The van der Waals surface area contributed by atoms with E-state index in [2.05, 4.69) is 0 Å². The lowest BCUT2D eigenvalue weighted by Gasteiger charge is -2.17. The first-order chi connectivity index (χ1) is 6.06. The van der Waals surface area contributed by atoms with Crippen molar-refractivity contribution in [2.45, 2.75) is 45.1 Å². The van der Waals surface area contributed by atoms with Gasteiger partial charge in [0.05, 0.1) is 6.61 Å². The zero-order chi connectivity index (χ0) is 10.2. The smallest absolute Gasteiger partial charge is 0.0640 e. The molecular formula is C10H23NO2. The van der Waals surface area contributed by atoms with Crippen molar-refractivity contribution >= 4 is 0 Å². The second kappa shape index (κ2) is 7.30. The average molecular weight is 189 g/mol. The first-order valence-corrected chi connectivity index (χ1v) is 5.04. The minimum Gasteiger partial charge on any atom is -0.396 e. The number of rotatable bonds is 8. The lowest BCUT2D eigenvalue weighted by molar-refractivity contribution is 0.0937. The minimum atomic E-state index is -0.217. The molecule has 0 aromatic heterocycles. The molecule has 0 aromatic carbocycles. The zero-order valence-electron chi connectivity index (χ0n) is 8.88. The van der Waals surface area contributed by atoms with E-state index in [0.717, 1.165) is 32.3 Å². The van der Waals surface area contributed by atoms with Crippen molar-refractivity contribution in [1.29, 1.82) is 0 Å². The number of ether oxygens (including phenoxy) is 1. The highest BCUT2D eigenvalue weighted by atomic mass is 16.5. The molecule has 0 bridgehead atoms. The molecule has 0 saturated carbocycles. The minimum absolute atomic E-state index is 0.217. The number of hydrogen-bond acceptors (Lipinski definition) is 3. The molecule has 0 fully saturated rings. The number of aliphatic hydroxyl groups is 1. The van der Waals surface area contributed by atoms with Crippen LogP contribution in [0.25, 0.3) is 0 Å². The summed E-state index contributed by atoms with van der Waals surface area (Å²) in [5, 5.41) is 8.53. The van der Waals surface area contributed by atoms with Crippen molar-refractivity contribution in [3.05, 3.63) is 0 Å². The molecule has 3 nitrogen and oxygen atoms in total. The highest BCUT2D eigenvalue weighted by molar-refractivity contribution is 4.69. The lowest BCUT2D eigenvalue weighted by Crippen LogP contribution is -2.37. The lowest BCUT2D eigenvalue weighted by atomic mass is 10.1. The van der Waals surface area contributed by atoms with E-state index < -0.39 is 0 Å². The maximum atomic E-state index is 8.53. The van der Waals surface area contributed by atoms with Crippen LogP contribution in [0.3, 0.4) is 0 Å². The van der Waals surface area contributed by atoms with E-state index in [-0.39, 0.29) is 5.54 Å². The fourth-order valence-electron chi connectivity index (χ4n) is 1.00. The van der Waals surface area contributed by atoms with Gasteiger partial charge in [-0.25, -0.2) is 0 Å². The van der Waals surface area contributed by atoms with E-state index in [0.29, 0.717) is 13.2 Å². The molecule has 0 unspecified atom stereocenters. The van der Waals surface area contributed by atoms with Gasteiger partial charge in [0.2, 0.25) is 0 Å². The van der Waals surface area contributed by atoms with Crippen LogP contribution >= 0.6 is 0 Å². The fraction of sp³-hybridized carbons (Fsp3) is 1.00. The maximum Gasteiger partial charge on any atom is 0.0640 e. The summed E-state index contributed by atoms with van der Waals surface area (Å²) in [5.41, 5.74) is 5.52. The van der Waals surface area contributed by atoms with Gasteiger partial charge in [-0.1, -0.05) is 12.8 Å². The standard InChI is InChI=1S/C10H23NO2/c1-10(2,11)9-13-8-6-4-3-5-7-12/h12H,3-9,11H2,1-2H3. The van der Waals surface area contributed by atoms with Crippen molar-refractivity contribution in [1.82, 2.24) is 0 Å². The summed E-state index contributed by atoms with van der Waals surface area (Å²) in [6, 6.07) is 0. The van der Waals surface area contributed by atoms with Gasteiger partial charge >= 0.3 is 0 Å². The molecule has 80 valence electrons. The van der Waals surface area contributed by atoms with Gasteiger partial charge < -0.3 is 15.6 Å². The van der Waals surface area contributed by atoms with Gasteiger partial charge in [0, 0.05) is 18.8 Å². The summed E-state index contributed by atoms with van der Waals surface area (Å²) in [6.45, 7) is 5.62. The van der Waals surface area contributed by atoms with Gasteiger partial charge in [-0.05, 0) is 26.7 Å². The Bertz CT molecular complexity index is 110. The zero-order valence-corrected chi connectivity index (χ0v) is 8.88. The molecule has 3 heteroatoms. The Balaban J connectivity index is 3.00. The van der Waals surface area contributed by atoms with Crippen molar-refractivity contribution in [2.24, 2.45) is 5.73 Å². The van der Waals surface area contributed by atoms with Gasteiger partial charge in [-0.3, -0.25) is 0 Å². The first kappa shape index (κ1) is 12.9. The first-order valence-electron chi connectivity index (χ1n) is 5.04. The summed E-state index contributed by atoms with van der Waals surface area (Å²) in [5.74, 6) is 0. The predicted molar refractivity (Wildman–Crippen MR) is 54.6 cm³/mol. The van der Waals surface area contributed by atoms with Gasteiger partial charge in [-0.2, -0.15) is 0 Å². The molecule has 0 aliphatic rings. The Kier molecular flexibility index (Phi) is 7.23. The normalized spacial score (nSPS) is 12.0. The van der Waals surface area contributed by atoms with E-state index >= 15 is 0 Å². The monoisotopic (exact) mass is 189 g/mol. The van der Waals surface area contributed by atoms with Crippen molar-refractivity contribution in [2.75, 3.05) is 19.8 Å². The highest BCUT2D eigenvalue weighted by Gasteiger charge is 2.09. The summed E-state index contributed by atoms with van der Waals surface area (Å²) in [4.78, 5) is 0. The van der Waals surface area contributed by atoms with E-state index in [4.69, 9.17) is 15.6 Å². The van der Waals surface area contributed by atoms with Crippen molar-refractivity contribution in [3.63, 3.8) is 0 Å². The molecule has 3 N–H and O–H groups in total. The fourth-order valence-corrected chi connectivity index (χ4v) is 1.00. The van der Waals surface area contributed by atoms with Crippen molar-refractivity contribution in [3.8, 4) is 0 Å².